The molecule has 1 aliphatic heterocycles. The van der Waals surface area contributed by atoms with Gasteiger partial charge in [-0.25, -0.2) is 9.59 Å². The van der Waals surface area contributed by atoms with Crippen LogP contribution in [0.5, 0.6) is 0 Å². The number of hydrogen-bond acceptors (Lipinski definition) is 9. The topological polar surface area (TPSA) is 117 Å². The lowest BCUT2D eigenvalue weighted by atomic mass is 9.68. The van der Waals surface area contributed by atoms with Crippen molar-refractivity contribution in [1.82, 2.24) is 9.97 Å². The molecular formula is C40H44N2O7. The van der Waals surface area contributed by atoms with Crippen LogP contribution in [0, 0.1) is 11.3 Å². The van der Waals surface area contributed by atoms with Crippen LogP contribution in [-0.2, 0) is 30.2 Å². The Morgan fingerprint density at radius 1 is 0.898 bits per heavy atom. The van der Waals surface area contributed by atoms with Gasteiger partial charge in [-0.2, -0.15) is 0 Å². The number of nitrogens with zero attached hydrogens (tertiary/aromatic N) is 2. The molecule has 3 aliphatic rings. The predicted octanol–water partition coefficient (Wildman–Crippen LogP) is 7.03. The lowest BCUT2D eigenvalue weighted by Gasteiger charge is -2.43. The molecule has 2 aromatic heterocycles. The number of hydrogen-bond donors (Lipinski definition) is 0. The number of fused-ring (bicyclic) bond motifs is 2. The minimum absolute atomic E-state index is 0.0143. The van der Waals surface area contributed by atoms with E-state index in [1.54, 1.807) is 36.7 Å². The van der Waals surface area contributed by atoms with Crippen molar-refractivity contribution in [2.24, 2.45) is 11.3 Å². The van der Waals surface area contributed by atoms with Crippen LogP contribution in [0.4, 0.5) is 0 Å². The molecule has 1 saturated carbocycles. The summed E-state index contributed by atoms with van der Waals surface area (Å²) in [4.78, 5) is 49.3. The highest BCUT2D eigenvalue weighted by molar-refractivity contribution is 5.89. The molecule has 6 atom stereocenters. The highest BCUT2D eigenvalue weighted by atomic mass is 16.6. The molecule has 9 heteroatoms. The van der Waals surface area contributed by atoms with E-state index < -0.39 is 47.0 Å². The summed E-state index contributed by atoms with van der Waals surface area (Å²) in [5, 5.41) is 0. The third kappa shape index (κ3) is 7.67. The number of carbonyl (C=O) groups excluding carboxylic acids is 3. The molecular weight excluding hydrogens is 620 g/mol. The van der Waals surface area contributed by atoms with Crippen LogP contribution >= 0.6 is 0 Å². The van der Waals surface area contributed by atoms with E-state index in [9.17, 15) is 14.4 Å². The van der Waals surface area contributed by atoms with Gasteiger partial charge in [0, 0.05) is 37.1 Å². The number of rotatable bonds is 8. The monoisotopic (exact) mass is 664 g/mol. The van der Waals surface area contributed by atoms with Gasteiger partial charge in [-0.3, -0.25) is 14.8 Å². The first-order chi connectivity index (χ1) is 23.6. The molecule has 3 heterocycles. The molecule has 2 fully saturated rings. The first kappa shape index (κ1) is 34.2. The van der Waals surface area contributed by atoms with Gasteiger partial charge >= 0.3 is 17.9 Å². The fraction of sp³-hybridized carbons (Fsp3) is 0.425. The number of allylic oxidation sites excluding steroid dienone is 2. The summed E-state index contributed by atoms with van der Waals surface area (Å²) in [7, 11) is 0. The third-order valence-electron chi connectivity index (χ3n) is 10.3. The van der Waals surface area contributed by atoms with Gasteiger partial charge < -0.3 is 18.9 Å². The zero-order chi connectivity index (χ0) is 34.6. The number of epoxide rings is 1. The van der Waals surface area contributed by atoms with E-state index >= 15 is 0 Å². The zero-order valence-corrected chi connectivity index (χ0v) is 28.6. The molecule has 0 unspecified atom stereocenters. The Morgan fingerprint density at radius 3 is 2.20 bits per heavy atom. The SMILES string of the molecule is CC(C)=C1CC[C@]2(COC(=O)Cc3ccccc3)[C@@H](OC(=O)c3cccnc3)/C=C(\C)CC[C@H]3O[C@@]3(C)C[C@@H](OC(=O)c3cccnc3)[C@@H]12. The summed E-state index contributed by atoms with van der Waals surface area (Å²) < 4.78 is 25.5. The third-order valence-corrected chi connectivity index (χ3v) is 10.3. The maximum absolute atomic E-state index is 13.8. The van der Waals surface area contributed by atoms with Crippen LogP contribution in [0.3, 0.4) is 0 Å². The number of pyridine rings is 2. The Hall–Kier alpha value is -4.63. The van der Waals surface area contributed by atoms with E-state index in [0.717, 1.165) is 35.1 Å². The average molecular weight is 665 g/mol. The van der Waals surface area contributed by atoms with Gasteiger partial charge in [0.2, 0.25) is 0 Å². The Kier molecular flexibility index (Phi) is 10.1. The second-order valence-corrected chi connectivity index (χ2v) is 14.0. The van der Waals surface area contributed by atoms with E-state index in [1.165, 1.54) is 12.4 Å². The first-order valence-electron chi connectivity index (χ1n) is 17.0. The maximum Gasteiger partial charge on any atom is 0.340 e. The standard InChI is InChI=1S/C40H44N2O7/c1-26(2)31-16-17-40(25-46-35(43)21-28-10-6-5-7-11-28)34(48-38(45)30-13-9-19-42-24-30)20-27(3)14-15-33-39(4,49-33)22-32(36(31)40)47-37(44)29-12-8-18-41-23-29/h5-13,18-20,23-24,32-34,36H,14-17,21-22,25H2,1-4H3/b27-20+/t32-,33-,34+,36-,39+,40+/m1/s1. The number of carbonyl (C=O) groups is 3. The van der Waals surface area contributed by atoms with Crippen LogP contribution in [-0.4, -0.2) is 58.4 Å². The van der Waals surface area contributed by atoms with Crippen LogP contribution in [0.15, 0.2) is 102 Å². The van der Waals surface area contributed by atoms with E-state index in [4.69, 9.17) is 18.9 Å². The smallest absolute Gasteiger partial charge is 0.340 e. The second kappa shape index (κ2) is 14.5. The fourth-order valence-corrected chi connectivity index (χ4v) is 7.61. The highest BCUT2D eigenvalue weighted by Gasteiger charge is 2.61. The van der Waals surface area contributed by atoms with Crippen LogP contribution < -0.4 is 0 Å². The van der Waals surface area contributed by atoms with Gasteiger partial charge in [-0.05, 0) is 89.3 Å². The Morgan fingerprint density at radius 2 is 1.57 bits per heavy atom. The minimum Gasteiger partial charge on any atom is -0.465 e. The number of benzene rings is 1. The summed E-state index contributed by atoms with van der Waals surface area (Å²) in [5.41, 5.74) is 3.21. The summed E-state index contributed by atoms with van der Waals surface area (Å²) in [5.74, 6) is -1.88. The molecule has 6 rings (SSSR count). The zero-order valence-electron chi connectivity index (χ0n) is 28.6. The molecule has 0 spiro atoms. The Balaban J connectivity index is 1.46. The molecule has 0 N–H and O–H groups in total. The maximum atomic E-state index is 13.8. The molecule has 0 radical (unpaired) electrons. The van der Waals surface area contributed by atoms with Crippen molar-refractivity contribution in [3.63, 3.8) is 0 Å². The molecule has 49 heavy (non-hydrogen) atoms. The predicted molar refractivity (Wildman–Crippen MR) is 182 cm³/mol. The van der Waals surface area contributed by atoms with Crippen LogP contribution in [0.1, 0.15) is 86.1 Å². The van der Waals surface area contributed by atoms with Gasteiger partial charge in [-0.1, -0.05) is 47.1 Å². The molecule has 1 aromatic carbocycles. The van der Waals surface area contributed by atoms with Gasteiger partial charge in [0.25, 0.3) is 0 Å². The van der Waals surface area contributed by atoms with Gasteiger partial charge in [-0.15, -0.1) is 0 Å². The van der Waals surface area contributed by atoms with Gasteiger partial charge in [0.1, 0.15) is 18.8 Å². The Labute approximate surface area is 287 Å². The second-order valence-electron chi connectivity index (χ2n) is 14.0. The van der Waals surface area contributed by atoms with Crippen molar-refractivity contribution in [1.29, 1.82) is 0 Å². The number of esters is 3. The van der Waals surface area contributed by atoms with Crippen molar-refractivity contribution in [3.8, 4) is 0 Å². The van der Waals surface area contributed by atoms with Crippen molar-refractivity contribution in [3.05, 3.63) is 119 Å². The summed E-state index contributed by atoms with van der Waals surface area (Å²) in [6.07, 6.45) is 9.88. The van der Waals surface area contributed by atoms with E-state index in [1.807, 2.05) is 57.2 Å². The summed E-state index contributed by atoms with van der Waals surface area (Å²) in [6.45, 7) is 8.15. The van der Waals surface area contributed by atoms with E-state index in [-0.39, 0.29) is 19.1 Å². The largest absolute Gasteiger partial charge is 0.465 e. The van der Waals surface area contributed by atoms with Gasteiger partial charge in [0.15, 0.2) is 0 Å². The minimum atomic E-state index is -0.969. The number of ether oxygens (including phenoxy) is 4. The molecule has 0 amide bonds. The summed E-state index contributed by atoms with van der Waals surface area (Å²) in [6, 6.07) is 16.2. The lowest BCUT2D eigenvalue weighted by Crippen LogP contribution is -2.50. The summed E-state index contributed by atoms with van der Waals surface area (Å²) >= 11 is 0. The molecule has 256 valence electrons. The van der Waals surface area contributed by atoms with E-state index in [0.29, 0.717) is 30.4 Å². The van der Waals surface area contributed by atoms with Crippen molar-refractivity contribution in [2.75, 3.05) is 6.61 Å². The van der Waals surface area contributed by atoms with Crippen molar-refractivity contribution >= 4 is 17.9 Å². The molecule has 9 nitrogen and oxygen atoms in total. The highest BCUT2D eigenvalue weighted by Crippen LogP contribution is 2.57. The fourth-order valence-electron chi connectivity index (χ4n) is 7.61. The molecule has 1 saturated heterocycles. The van der Waals surface area contributed by atoms with Crippen molar-refractivity contribution < 1.29 is 33.3 Å². The quantitative estimate of drug-likeness (QED) is 0.108. The van der Waals surface area contributed by atoms with Crippen LogP contribution in [0.25, 0.3) is 0 Å². The molecule has 0 bridgehead atoms. The average Bonchev–Trinajstić information content (AvgIpc) is 3.57. The van der Waals surface area contributed by atoms with Crippen molar-refractivity contribution in [2.45, 2.75) is 90.1 Å². The molecule has 2 aliphatic carbocycles. The van der Waals surface area contributed by atoms with Crippen LogP contribution in [0.2, 0.25) is 0 Å². The normalized spacial score (nSPS) is 28.8. The molecule has 3 aromatic rings. The first-order valence-corrected chi connectivity index (χ1v) is 17.0. The number of aromatic nitrogens is 2. The van der Waals surface area contributed by atoms with E-state index in [2.05, 4.69) is 16.9 Å². The van der Waals surface area contributed by atoms with Gasteiger partial charge in [0.05, 0.1) is 34.7 Å². The Bertz CT molecular complexity index is 1720. The lowest BCUT2D eigenvalue weighted by molar-refractivity contribution is -0.152.